The molecule has 1 aromatic rings. The van der Waals surface area contributed by atoms with Crippen molar-refractivity contribution in [3.63, 3.8) is 0 Å². The summed E-state index contributed by atoms with van der Waals surface area (Å²) in [5.74, 6) is -0.855. The summed E-state index contributed by atoms with van der Waals surface area (Å²) in [6.45, 7) is 1.47. The van der Waals surface area contributed by atoms with Gasteiger partial charge in [-0.15, -0.1) is 0 Å². The molecule has 0 atom stereocenters. The van der Waals surface area contributed by atoms with Crippen LogP contribution in [0.2, 0.25) is 0 Å². The summed E-state index contributed by atoms with van der Waals surface area (Å²) >= 11 is 0. The van der Waals surface area contributed by atoms with Gasteiger partial charge in [0.25, 0.3) is 0 Å². The molecule has 0 unspecified atom stereocenters. The van der Waals surface area contributed by atoms with Crippen LogP contribution in [0.3, 0.4) is 0 Å². The van der Waals surface area contributed by atoms with E-state index in [0.29, 0.717) is 38.4 Å². The lowest BCUT2D eigenvalue weighted by atomic mass is 10.1. The van der Waals surface area contributed by atoms with Gasteiger partial charge < -0.3 is 9.84 Å². The average molecular weight is 314 g/mol. The highest BCUT2D eigenvalue weighted by molar-refractivity contribution is 7.90. The number of rotatable bonds is 6. The number of hydrogen-bond donors (Lipinski definition) is 2. The van der Waals surface area contributed by atoms with Crippen LogP contribution < -0.4 is 4.72 Å². The SMILES string of the molecule is O=C(O)CCc1ccc(NS(=O)(=O)N2CCOCC2)cc1. The standard InChI is InChI=1S/C13H18N2O5S/c16-13(17)6-3-11-1-4-12(5-2-11)14-21(18,19)15-7-9-20-10-8-15/h1-2,4-5,14H,3,6-10H2,(H,16,17). The monoisotopic (exact) mass is 314 g/mol. The number of anilines is 1. The Morgan fingerprint density at radius 2 is 1.86 bits per heavy atom. The van der Waals surface area contributed by atoms with Crippen LogP contribution in [0, 0.1) is 0 Å². The molecule has 7 nitrogen and oxygen atoms in total. The van der Waals surface area contributed by atoms with Gasteiger partial charge in [-0.3, -0.25) is 9.52 Å². The van der Waals surface area contributed by atoms with Gasteiger partial charge in [0.1, 0.15) is 0 Å². The van der Waals surface area contributed by atoms with Crippen LogP contribution in [0.15, 0.2) is 24.3 Å². The second kappa shape index (κ2) is 6.88. The molecular weight excluding hydrogens is 296 g/mol. The topological polar surface area (TPSA) is 95.9 Å². The predicted octanol–water partition coefficient (Wildman–Crippen LogP) is 0.693. The van der Waals surface area contributed by atoms with Crippen LogP contribution >= 0.6 is 0 Å². The first-order valence-electron chi connectivity index (χ1n) is 6.64. The highest BCUT2D eigenvalue weighted by atomic mass is 32.2. The van der Waals surface area contributed by atoms with E-state index in [1.54, 1.807) is 24.3 Å². The molecule has 0 radical (unpaired) electrons. The molecule has 116 valence electrons. The van der Waals surface area contributed by atoms with Gasteiger partial charge in [-0.2, -0.15) is 12.7 Å². The molecule has 2 rings (SSSR count). The summed E-state index contributed by atoms with van der Waals surface area (Å²) < 4.78 is 33.2. The minimum atomic E-state index is -3.57. The Balaban J connectivity index is 1.97. The number of morpholine rings is 1. The number of aryl methyl sites for hydroxylation is 1. The van der Waals surface area contributed by atoms with Gasteiger partial charge in [-0.25, -0.2) is 0 Å². The summed E-state index contributed by atoms with van der Waals surface area (Å²) in [5.41, 5.74) is 1.31. The summed E-state index contributed by atoms with van der Waals surface area (Å²) in [7, 11) is -3.57. The number of aliphatic carboxylic acids is 1. The lowest BCUT2D eigenvalue weighted by Crippen LogP contribution is -2.43. The fourth-order valence-electron chi connectivity index (χ4n) is 1.99. The van der Waals surface area contributed by atoms with E-state index >= 15 is 0 Å². The van der Waals surface area contributed by atoms with Crippen molar-refractivity contribution in [3.05, 3.63) is 29.8 Å². The van der Waals surface area contributed by atoms with Gasteiger partial charge in [0.05, 0.1) is 13.2 Å². The smallest absolute Gasteiger partial charge is 0.303 e. The molecule has 1 aliphatic rings. The van der Waals surface area contributed by atoms with E-state index in [9.17, 15) is 13.2 Å². The van der Waals surface area contributed by atoms with Crippen LogP contribution in [0.4, 0.5) is 5.69 Å². The third-order valence-corrected chi connectivity index (χ3v) is 4.68. The number of ether oxygens (including phenoxy) is 1. The molecule has 1 aliphatic heterocycles. The quantitative estimate of drug-likeness (QED) is 0.805. The van der Waals surface area contributed by atoms with Crippen molar-refractivity contribution in [2.24, 2.45) is 0 Å². The van der Waals surface area contributed by atoms with Gasteiger partial charge in [-0.05, 0) is 24.1 Å². The fourth-order valence-corrected chi connectivity index (χ4v) is 3.18. The van der Waals surface area contributed by atoms with E-state index in [-0.39, 0.29) is 6.42 Å². The average Bonchev–Trinajstić information content (AvgIpc) is 2.47. The Morgan fingerprint density at radius 3 is 2.43 bits per heavy atom. The number of carbonyl (C=O) groups is 1. The molecule has 0 spiro atoms. The van der Waals surface area contributed by atoms with Crippen LogP contribution in [0.1, 0.15) is 12.0 Å². The Hall–Kier alpha value is -1.64. The number of carboxylic acids is 1. The maximum Gasteiger partial charge on any atom is 0.303 e. The van der Waals surface area contributed by atoms with E-state index in [4.69, 9.17) is 9.84 Å². The normalized spacial score (nSPS) is 16.6. The first-order valence-corrected chi connectivity index (χ1v) is 8.08. The van der Waals surface area contributed by atoms with Gasteiger partial charge in [-0.1, -0.05) is 12.1 Å². The molecule has 0 bridgehead atoms. The van der Waals surface area contributed by atoms with Gasteiger partial charge in [0, 0.05) is 25.2 Å². The van der Waals surface area contributed by atoms with Gasteiger partial charge >= 0.3 is 16.2 Å². The van der Waals surface area contributed by atoms with Crippen molar-refractivity contribution in [1.82, 2.24) is 4.31 Å². The Labute approximate surface area is 123 Å². The van der Waals surface area contributed by atoms with E-state index in [1.807, 2.05) is 0 Å². The predicted molar refractivity (Wildman–Crippen MR) is 77.3 cm³/mol. The summed E-state index contributed by atoms with van der Waals surface area (Å²) in [6, 6.07) is 6.71. The molecule has 2 N–H and O–H groups in total. The molecule has 1 heterocycles. The lowest BCUT2D eigenvalue weighted by molar-refractivity contribution is -0.136. The third kappa shape index (κ3) is 4.69. The zero-order chi connectivity index (χ0) is 15.3. The van der Waals surface area contributed by atoms with Crippen molar-refractivity contribution < 1.29 is 23.1 Å². The molecule has 1 fully saturated rings. The van der Waals surface area contributed by atoms with Crippen molar-refractivity contribution >= 4 is 21.9 Å². The van der Waals surface area contributed by atoms with E-state index in [2.05, 4.69) is 4.72 Å². The van der Waals surface area contributed by atoms with Gasteiger partial charge in [0.15, 0.2) is 0 Å². The largest absolute Gasteiger partial charge is 0.481 e. The van der Waals surface area contributed by atoms with E-state index in [0.717, 1.165) is 5.56 Å². The van der Waals surface area contributed by atoms with Crippen molar-refractivity contribution in [2.45, 2.75) is 12.8 Å². The number of nitrogens with zero attached hydrogens (tertiary/aromatic N) is 1. The Morgan fingerprint density at radius 1 is 1.24 bits per heavy atom. The lowest BCUT2D eigenvalue weighted by Gasteiger charge is -2.26. The maximum absolute atomic E-state index is 12.1. The first-order chi connectivity index (χ1) is 9.97. The Kier molecular flexibility index (Phi) is 5.16. The number of carboxylic acid groups (broad SMARTS) is 1. The van der Waals surface area contributed by atoms with Crippen LogP contribution in [-0.4, -0.2) is 50.1 Å². The minimum Gasteiger partial charge on any atom is -0.481 e. The van der Waals surface area contributed by atoms with Gasteiger partial charge in [0.2, 0.25) is 0 Å². The summed E-state index contributed by atoms with van der Waals surface area (Å²) in [5, 5.41) is 8.62. The van der Waals surface area contributed by atoms with Crippen molar-refractivity contribution in [1.29, 1.82) is 0 Å². The molecule has 0 aromatic heterocycles. The highest BCUT2D eigenvalue weighted by Crippen LogP contribution is 2.15. The molecular formula is C13H18N2O5S. The second-order valence-electron chi connectivity index (χ2n) is 4.71. The maximum atomic E-state index is 12.1. The molecule has 1 saturated heterocycles. The van der Waals surface area contributed by atoms with Crippen LogP contribution in [0.25, 0.3) is 0 Å². The molecule has 8 heteroatoms. The molecule has 0 aliphatic carbocycles. The minimum absolute atomic E-state index is 0.0544. The van der Waals surface area contributed by atoms with Crippen LogP contribution in [-0.2, 0) is 26.2 Å². The summed E-state index contributed by atoms with van der Waals surface area (Å²) in [6.07, 6.45) is 0.477. The van der Waals surface area contributed by atoms with Crippen molar-refractivity contribution in [3.8, 4) is 0 Å². The summed E-state index contributed by atoms with van der Waals surface area (Å²) in [4.78, 5) is 10.5. The number of hydrogen-bond acceptors (Lipinski definition) is 4. The molecule has 0 saturated carbocycles. The Bertz CT molecular complexity index is 579. The number of benzene rings is 1. The highest BCUT2D eigenvalue weighted by Gasteiger charge is 2.23. The van der Waals surface area contributed by atoms with Crippen LogP contribution in [0.5, 0.6) is 0 Å². The van der Waals surface area contributed by atoms with E-state index in [1.165, 1.54) is 4.31 Å². The molecule has 21 heavy (non-hydrogen) atoms. The van der Waals surface area contributed by atoms with E-state index < -0.39 is 16.2 Å². The molecule has 1 aromatic carbocycles. The van der Waals surface area contributed by atoms with Crippen molar-refractivity contribution in [2.75, 3.05) is 31.0 Å². The second-order valence-corrected chi connectivity index (χ2v) is 6.38. The zero-order valence-electron chi connectivity index (χ0n) is 11.5. The number of nitrogens with one attached hydrogen (secondary N) is 1. The zero-order valence-corrected chi connectivity index (χ0v) is 12.3. The fraction of sp³-hybridized carbons (Fsp3) is 0.462. The third-order valence-electron chi connectivity index (χ3n) is 3.14. The molecule has 0 amide bonds. The first kappa shape index (κ1) is 15.7.